The van der Waals surface area contributed by atoms with Crippen molar-refractivity contribution < 1.29 is 89.4 Å². The SMILES string of the molecule is C[C@@H]1O[C@@H](O[C@@H]2[C@@H](O)[C@H](OCCc3ccc(O)c(O)c3)O[C@H](C[C@H]3OC[C@H](O)[C@H](O)[C@H]3O)[C@H]2OC(=O)C=Cc2ccc(O)c(O)c2)[C@H](O)[C@H](O)[C@H]1O. The highest BCUT2D eigenvalue weighted by Gasteiger charge is 2.53. The third-order valence-corrected chi connectivity index (χ3v) is 9.16. The standard InChI is InChI=1S/C34H44O18/c1-14-25(41)28(44)29(45)34(49-14)52-32-30(46)33(47-9-8-16-3-6-18(36)20(38)11-16)50-23(12-22-27(43)26(42)21(39)13-48-22)31(32)51-24(40)7-4-15-2-5-17(35)19(37)10-15/h2-7,10-11,14,21-23,25-39,41-46H,8-9,12-13H2,1H3/t14-,21-,22+,23+,25-,26-,27-,28+,29+,30+,31+,32+,33+,34-/m0/s1. The molecular weight excluding hydrogens is 696 g/mol. The second kappa shape index (κ2) is 17.0. The molecule has 288 valence electrons. The van der Waals surface area contributed by atoms with Gasteiger partial charge in [0.05, 0.1) is 25.4 Å². The van der Waals surface area contributed by atoms with Gasteiger partial charge in [0, 0.05) is 12.5 Å². The van der Waals surface area contributed by atoms with Crippen LogP contribution in [0.4, 0.5) is 0 Å². The first-order valence-corrected chi connectivity index (χ1v) is 16.5. The van der Waals surface area contributed by atoms with Gasteiger partial charge in [0.2, 0.25) is 0 Å². The first kappa shape index (κ1) is 39.6. The molecule has 5 rings (SSSR count). The van der Waals surface area contributed by atoms with Crippen molar-refractivity contribution in [2.24, 2.45) is 0 Å². The van der Waals surface area contributed by atoms with E-state index >= 15 is 0 Å². The molecule has 0 saturated carbocycles. The number of hydrogen-bond acceptors (Lipinski definition) is 18. The maximum atomic E-state index is 13.3. The van der Waals surface area contributed by atoms with Crippen molar-refractivity contribution in [2.75, 3.05) is 13.2 Å². The lowest BCUT2D eigenvalue weighted by atomic mass is 9.90. The lowest BCUT2D eigenvalue weighted by Gasteiger charge is -2.48. The molecule has 0 radical (unpaired) electrons. The third-order valence-electron chi connectivity index (χ3n) is 9.16. The number of aliphatic hydroxyl groups is 7. The van der Waals surface area contributed by atoms with Crippen LogP contribution >= 0.6 is 0 Å². The van der Waals surface area contributed by atoms with Gasteiger partial charge in [0.1, 0.15) is 54.9 Å². The maximum Gasteiger partial charge on any atom is 0.331 e. The van der Waals surface area contributed by atoms with Crippen LogP contribution in [0.5, 0.6) is 23.0 Å². The Morgan fingerprint density at radius 2 is 1.44 bits per heavy atom. The number of rotatable bonds is 11. The van der Waals surface area contributed by atoms with Crippen LogP contribution in [0, 0.1) is 0 Å². The average molecular weight is 741 g/mol. The van der Waals surface area contributed by atoms with Crippen LogP contribution in [-0.2, 0) is 39.6 Å². The minimum Gasteiger partial charge on any atom is -0.504 e. The fourth-order valence-corrected chi connectivity index (χ4v) is 6.10. The number of benzene rings is 2. The van der Waals surface area contributed by atoms with E-state index in [9.17, 15) is 61.0 Å². The number of phenols is 4. The van der Waals surface area contributed by atoms with Gasteiger partial charge in [-0.05, 0) is 54.8 Å². The Hall–Kier alpha value is -3.63. The molecule has 3 aliphatic heterocycles. The Morgan fingerprint density at radius 1 is 0.750 bits per heavy atom. The molecular formula is C34H44O18. The molecule has 3 saturated heterocycles. The Morgan fingerprint density at radius 3 is 2.13 bits per heavy atom. The number of aliphatic hydroxyl groups excluding tert-OH is 7. The Labute approximate surface area is 296 Å². The number of hydrogen-bond donors (Lipinski definition) is 11. The van der Waals surface area contributed by atoms with Crippen LogP contribution in [0.1, 0.15) is 24.5 Å². The minimum absolute atomic E-state index is 0.143. The molecule has 0 aromatic heterocycles. The molecule has 0 aliphatic carbocycles. The summed E-state index contributed by atoms with van der Waals surface area (Å²) in [7, 11) is 0. The van der Waals surface area contributed by atoms with Gasteiger partial charge in [-0.15, -0.1) is 0 Å². The van der Waals surface area contributed by atoms with Crippen LogP contribution in [0.2, 0.25) is 0 Å². The molecule has 0 amide bonds. The number of carbonyl (C=O) groups is 1. The van der Waals surface area contributed by atoms with E-state index in [4.69, 9.17) is 28.4 Å². The van der Waals surface area contributed by atoms with Crippen LogP contribution in [-0.4, -0.2) is 161 Å². The first-order valence-electron chi connectivity index (χ1n) is 16.5. The molecule has 0 bridgehead atoms. The molecule has 2 aromatic rings. The van der Waals surface area contributed by atoms with Gasteiger partial charge in [-0.2, -0.15) is 0 Å². The predicted molar refractivity (Wildman–Crippen MR) is 172 cm³/mol. The smallest absolute Gasteiger partial charge is 0.331 e. The third kappa shape index (κ3) is 9.11. The molecule has 0 spiro atoms. The van der Waals surface area contributed by atoms with Crippen LogP contribution in [0.3, 0.4) is 0 Å². The molecule has 18 heteroatoms. The molecule has 11 N–H and O–H groups in total. The highest BCUT2D eigenvalue weighted by atomic mass is 16.7. The van der Waals surface area contributed by atoms with Crippen molar-refractivity contribution in [3.63, 3.8) is 0 Å². The van der Waals surface area contributed by atoms with E-state index in [0.717, 1.165) is 6.08 Å². The summed E-state index contributed by atoms with van der Waals surface area (Å²) in [6.45, 7) is 0.887. The topological polar surface area (TPSA) is 295 Å². The number of aromatic hydroxyl groups is 4. The summed E-state index contributed by atoms with van der Waals surface area (Å²) in [6.07, 6.45) is -19.7. The van der Waals surface area contributed by atoms with Crippen molar-refractivity contribution in [1.29, 1.82) is 0 Å². The van der Waals surface area contributed by atoms with Gasteiger partial charge < -0.3 is 84.6 Å². The van der Waals surface area contributed by atoms with Crippen LogP contribution < -0.4 is 0 Å². The zero-order valence-electron chi connectivity index (χ0n) is 27.8. The van der Waals surface area contributed by atoms with Crippen LogP contribution in [0.15, 0.2) is 42.5 Å². The Bertz CT molecular complexity index is 1540. The predicted octanol–water partition coefficient (Wildman–Crippen LogP) is -2.14. The van der Waals surface area contributed by atoms with Gasteiger partial charge in [0.25, 0.3) is 0 Å². The van der Waals surface area contributed by atoms with Crippen LogP contribution in [0.25, 0.3) is 6.08 Å². The molecule has 3 heterocycles. The van der Waals surface area contributed by atoms with Gasteiger partial charge in [-0.25, -0.2) is 4.79 Å². The minimum atomic E-state index is -1.85. The van der Waals surface area contributed by atoms with Crippen molar-refractivity contribution >= 4 is 12.0 Å². The molecule has 0 unspecified atom stereocenters. The quantitative estimate of drug-likeness (QED) is 0.0666. The molecule has 3 fully saturated rings. The lowest BCUT2D eigenvalue weighted by molar-refractivity contribution is -0.358. The van der Waals surface area contributed by atoms with Gasteiger partial charge >= 0.3 is 5.97 Å². The number of ether oxygens (including phenoxy) is 6. The summed E-state index contributed by atoms with van der Waals surface area (Å²) in [4.78, 5) is 13.3. The summed E-state index contributed by atoms with van der Waals surface area (Å²) in [5.74, 6) is -2.58. The highest BCUT2D eigenvalue weighted by molar-refractivity contribution is 5.87. The highest BCUT2D eigenvalue weighted by Crippen LogP contribution is 2.35. The maximum absolute atomic E-state index is 13.3. The van der Waals surface area contributed by atoms with Gasteiger partial charge in [-0.3, -0.25) is 0 Å². The van der Waals surface area contributed by atoms with Gasteiger partial charge in [0.15, 0.2) is 41.7 Å². The number of phenolic OH excluding ortho intramolecular Hbond substituents is 4. The van der Waals surface area contributed by atoms with E-state index in [1.54, 1.807) is 0 Å². The zero-order valence-corrected chi connectivity index (χ0v) is 27.8. The van der Waals surface area contributed by atoms with E-state index in [1.807, 2.05) is 0 Å². The normalized spacial score (nSPS) is 36.8. The van der Waals surface area contributed by atoms with Crippen molar-refractivity contribution in [3.8, 4) is 23.0 Å². The Balaban J connectivity index is 1.44. The summed E-state index contributed by atoms with van der Waals surface area (Å²) >= 11 is 0. The zero-order chi connectivity index (χ0) is 37.9. The molecule has 14 atom stereocenters. The lowest BCUT2D eigenvalue weighted by Crippen LogP contribution is -2.65. The molecule has 52 heavy (non-hydrogen) atoms. The summed E-state index contributed by atoms with van der Waals surface area (Å²) in [5, 5.41) is 113. The van der Waals surface area contributed by atoms with E-state index in [1.165, 1.54) is 49.4 Å². The van der Waals surface area contributed by atoms with E-state index in [-0.39, 0.29) is 37.6 Å². The van der Waals surface area contributed by atoms with Gasteiger partial charge in [-0.1, -0.05) is 12.1 Å². The fourth-order valence-electron chi connectivity index (χ4n) is 6.10. The van der Waals surface area contributed by atoms with Crippen molar-refractivity contribution in [2.45, 2.75) is 106 Å². The van der Waals surface area contributed by atoms with Crippen molar-refractivity contribution in [1.82, 2.24) is 0 Å². The summed E-state index contributed by atoms with van der Waals surface area (Å²) in [5.41, 5.74) is 0.829. The summed E-state index contributed by atoms with van der Waals surface area (Å²) in [6, 6.07) is 7.87. The monoisotopic (exact) mass is 740 g/mol. The second-order valence-corrected chi connectivity index (χ2v) is 12.9. The number of esters is 1. The second-order valence-electron chi connectivity index (χ2n) is 12.9. The molecule has 18 nitrogen and oxygen atoms in total. The number of carbonyl (C=O) groups excluding carboxylic acids is 1. The molecule has 2 aromatic carbocycles. The Kier molecular flexibility index (Phi) is 12.9. The average Bonchev–Trinajstić information content (AvgIpc) is 3.11. The molecule has 3 aliphatic rings. The summed E-state index contributed by atoms with van der Waals surface area (Å²) < 4.78 is 34.8. The first-order chi connectivity index (χ1) is 24.6. The van der Waals surface area contributed by atoms with E-state index < -0.39 is 103 Å². The fraction of sp³-hybridized carbons (Fsp3) is 0.559. The van der Waals surface area contributed by atoms with E-state index in [0.29, 0.717) is 11.1 Å². The van der Waals surface area contributed by atoms with Crippen molar-refractivity contribution in [3.05, 3.63) is 53.6 Å². The van der Waals surface area contributed by atoms with E-state index in [2.05, 4.69) is 0 Å². The largest absolute Gasteiger partial charge is 0.504 e.